The summed E-state index contributed by atoms with van der Waals surface area (Å²) in [6.45, 7) is 8.72. The first-order valence-corrected chi connectivity index (χ1v) is 10.7. The fourth-order valence-electron chi connectivity index (χ4n) is 4.64. The molecule has 31 heavy (non-hydrogen) atoms. The summed E-state index contributed by atoms with van der Waals surface area (Å²) in [4.78, 5) is 1.96. The van der Waals surface area contributed by atoms with Gasteiger partial charge in [-0.15, -0.1) is 0 Å². The van der Waals surface area contributed by atoms with Gasteiger partial charge in [0, 0.05) is 35.1 Å². The predicted molar refractivity (Wildman–Crippen MR) is 128 cm³/mol. The van der Waals surface area contributed by atoms with Crippen LogP contribution in [0.4, 0.5) is 0 Å². The zero-order chi connectivity index (χ0) is 23.1. The fourth-order valence-corrected chi connectivity index (χ4v) is 4.86. The second kappa shape index (κ2) is 8.17. The summed E-state index contributed by atoms with van der Waals surface area (Å²) in [5.74, 6) is 0.157. The molecule has 0 atom stereocenters. The van der Waals surface area contributed by atoms with Crippen LogP contribution in [-0.2, 0) is 0 Å². The van der Waals surface area contributed by atoms with E-state index in [-0.39, 0.29) is 39.4 Å². The second-order valence-corrected chi connectivity index (χ2v) is 10.1. The third kappa shape index (κ3) is 5.02. The zero-order valence-corrected chi connectivity index (χ0v) is 19.4. The molecule has 0 radical (unpaired) electrons. The summed E-state index contributed by atoms with van der Waals surface area (Å²) in [5.41, 5.74) is 0.381. The van der Waals surface area contributed by atoms with Crippen LogP contribution in [-0.4, -0.2) is 50.8 Å². The number of nitrogens with one attached hydrogen (secondary N) is 3. The van der Waals surface area contributed by atoms with Crippen molar-refractivity contribution in [2.45, 2.75) is 57.7 Å². The highest BCUT2D eigenvalue weighted by molar-refractivity contribution is 6.37. The van der Waals surface area contributed by atoms with Gasteiger partial charge in [-0.3, -0.25) is 5.41 Å². The molecule has 0 saturated carbocycles. The number of allylic oxidation sites excluding steroid dienone is 1. The Hall–Kier alpha value is -2.57. The number of rotatable bonds is 4. The monoisotopic (exact) mass is 442 g/mol. The van der Waals surface area contributed by atoms with Gasteiger partial charge in [0.05, 0.1) is 10.7 Å². The summed E-state index contributed by atoms with van der Waals surface area (Å²) >= 11 is 6.11. The summed E-state index contributed by atoms with van der Waals surface area (Å²) in [5, 5.41) is 42.1. The average molecular weight is 443 g/mol. The Balaban J connectivity index is 1.78. The lowest BCUT2D eigenvalue weighted by Gasteiger charge is -2.49. The SMILES string of the molecule is CN(C(=N)/C=C\C(=N)c1cc2ccc(O)c(Cl)c2cc1O)C1CC(C)(C)NC(C)(C)C1. The third-order valence-electron chi connectivity index (χ3n) is 5.84. The van der Waals surface area contributed by atoms with Crippen LogP contribution in [0.5, 0.6) is 11.5 Å². The van der Waals surface area contributed by atoms with E-state index < -0.39 is 0 Å². The number of phenolic OH excluding ortho intramolecular Hbond substituents is 2. The Morgan fingerprint density at radius 1 is 1.06 bits per heavy atom. The van der Waals surface area contributed by atoms with Gasteiger partial charge in [0.1, 0.15) is 17.3 Å². The quantitative estimate of drug-likeness (QED) is 0.337. The molecule has 0 bridgehead atoms. The number of phenols is 2. The molecule has 0 unspecified atom stereocenters. The molecular weight excluding hydrogens is 412 g/mol. The molecule has 1 fully saturated rings. The van der Waals surface area contributed by atoms with Crippen LogP contribution in [0.15, 0.2) is 36.4 Å². The number of halogens is 1. The van der Waals surface area contributed by atoms with E-state index in [0.29, 0.717) is 22.2 Å². The van der Waals surface area contributed by atoms with Crippen molar-refractivity contribution >= 4 is 33.9 Å². The number of amidine groups is 1. The van der Waals surface area contributed by atoms with Gasteiger partial charge in [-0.05, 0) is 76.3 Å². The lowest BCUT2D eigenvalue weighted by molar-refractivity contribution is 0.114. The van der Waals surface area contributed by atoms with E-state index in [9.17, 15) is 10.2 Å². The minimum absolute atomic E-state index is 0.0238. The Kier molecular flexibility index (Phi) is 6.09. The van der Waals surface area contributed by atoms with Crippen molar-refractivity contribution < 1.29 is 10.2 Å². The second-order valence-electron chi connectivity index (χ2n) is 9.69. The molecule has 7 heteroatoms. The number of aromatic hydroxyl groups is 2. The number of hydrogen-bond acceptors (Lipinski definition) is 5. The number of fused-ring (bicyclic) bond motifs is 1. The Labute approximate surface area is 188 Å². The highest BCUT2D eigenvalue weighted by Gasteiger charge is 2.39. The first kappa shape index (κ1) is 23.1. The summed E-state index contributed by atoms with van der Waals surface area (Å²) in [7, 11) is 1.92. The van der Waals surface area contributed by atoms with Gasteiger partial charge in [-0.2, -0.15) is 0 Å². The fraction of sp³-hybridized carbons (Fsp3) is 0.417. The maximum absolute atomic E-state index is 10.4. The first-order chi connectivity index (χ1) is 14.3. The molecule has 2 aromatic rings. The third-order valence-corrected chi connectivity index (χ3v) is 6.24. The van der Waals surface area contributed by atoms with Crippen LogP contribution in [0.25, 0.3) is 10.8 Å². The predicted octanol–water partition coefficient (Wildman–Crippen LogP) is 5.05. The lowest BCUT2D eigenvalue weighted by atomic mass is 9.79. The molecular formula is C24H31ClN4O2. The Morgan fingerprint density at radius 3 is 2.29 bits per heavy atom. The molecule has 0 aliphatic carbocycles. The summed E-state index contributed by atoms with van der Waals surface area (Å²) in [6.07, 6.45) is 4.95. The van der Waals surface area contributed by atoms with Gasteiger partial charge in [-0.25, -0.2) is 0 Å². The highest BCUT2D eigenvalue weighted by Crippen LogP contribution is 2.36. The molecule has 2 aromatic carbocycles. The first-order valence-electron chi connectivity index (χ1n) is 10.3. The van der Waals surface area contributed by atoms with Crippen molar-refractivity contribution in [1.82, 2.24) is 10.2 Å². The van der Waals surface area contributed by atoms with Crippen molar-refractivity contribution in [2.75, 3.05) is 7.05 Å². The Bertz CT molecular complexity index is 1060. The van der Waals surface area contributed by atoms with Crippen molar-refractivity contribution in [3.8, 4) is 11.5 Å². The van der Waals surface area contributed by atoms with Crippen LogP contribution in [0.2, 0.25) is 5.02 Å². The largest absolute Gasteiger partial charge is 0.507 e. The van der Waals surface area contributed by atoms with Crippen LogP contribution < -0.4 is 5.32 Å². The molecule has 0 amide bonds. The van der Waals surface area contributed by atoms with Gasteiger partial charge in [0.25, 0.3) is 0 Å². The maximum atomic E-state index is 10.4. The van der Waals surface area contributed by atoms with E-state index in [2.05, 4.69) is 33.0 Å². The van der Waals surface area contributed by atoms with E-state index in [1.54, 1.807) is 18.2 Å². The van der Waals surface area contributed by atoms with Crippen LogP contribution >= 0.6 is 11.6 Å². The minimum Gasteiger partial charge on any atom is -0.507 e. The van der Waals surface area contributed by atoms with Gasteiger partial charge in [-0.1, -0.05) is 17.7 Å². The van der Waals surface area contributed by atoms with Gasteiger partial charge < -0.3 is 25.8 Å². The smallest absolute Gasteiger partial charge is 0.134 e. The maximum Gasteiger partial charge on any atom is 0.134 e. The Morgan fingerprint density at radius 2 is 1.68 bits per heavy atom. The number of nitrogens with zero attached hydrogens (tertiary/aromatic N) is 1. The van der Waals surface area contributed by atoms with E-state index in [1.807, 2.05) is 11.9 Å². The molecule has 3 rings (SSSR count). The average Bonchev–Trinajstić information content (AvgIpc) is 2.65. The number of benzene rings is 2. The topological polar surface area (TPSA) is 103 Å². The van der Waals surface area contributed by atoms with Crippen LogP contribution in [0.3, 0.4) is 0 Å². The van der Waals surface area contributed by atoms with Crippen molar-refractivity contribution in [2.24, 2.45) is 0 Å². The molecule has 5 N–H and O–H groups in total. The van der Waals surface area contributed by atoms with E-state index >= 15 is 0 Å². The number of piperidine rings is 1. The molecule has 1 aliphatic rings. The number of likely N-dealkylation sites (N-methyl/N-ethyl adjacent to an activating group) is 1. The lowest BCUT2D eigenvalue weighted by Crippen LogP contribution is -2.62. The van der Waals surface area contributed by atoms with Crippen molar-refractivity contribution in [3.05, 3.63) is 47.0 Å². The van der Waals surface area contributed by atoms with Crippen LogP contribution in [0, 0.1) is 10.8 Å². The molecule has 1 aliphatic heterocycles. The zero-order valence-electron chi connectivity index (χ0n) is 18.7. The van der Waals surface area contributed by atoms with E-state index in [0.717, 1.165) is 12.8 Å². The standard InChI is InChI=1S/C24H31ClN4O2/c1-23(2)12-15(13-24(3,4)28-23)29(5)21(27)9-7-18(26)17-10-14-6-8-19(30)22(25)16(14)11-20(17)31/h6-11,15,26-28,30-31H,12-13H2,1-5H3/b9-7-,26-18?,27-21?. The minimum atomic E-state index is -0.101. The number of hydrogen-bond donors (Lipinski definition) is 5. The van der Waals surface area contributed by atoms with Crippen LogP contribution in [0.1, 0.15) is 46.1 Å². The normalized spacial score (nSPS) is 18.4. The molecule has 1 saturated heterocycles. The van der Waals surface area contributed by atoms with E-state index in [1.165, 1.54) is 18.2 Å². The highest BCUT2D eigenvalue weighted by atomic mass is 35.5. The van der Waals surface area contributed by atoms with Crippen molar-refractivity contribution in [1.29, 1.82) is 10.8 Å². The molecule has 0 spiro atoms. The van der Waals surface area contributed by atoms with Gasteiger partial charge >= 0.3 is 0 Å². The molecule has 1 heterocycles. The van der Waals surface area contributed by atoms with Crippen molar-refractivity contribution in [3.63, 3.8) is 0 Å². The summed E-state index contributed by atoms with van der Waals surface area (Å²) in [6, 6.07) is 6.49. The van der Waals surface area contributed by atoms with E-state index in [4.69, 9.17) is 22.4 Å². The summed E-state index contributed by atoms with van der Waals surface area (Å²) < 4.78 is 0. The molecule has 166 valence electrons. The molecule has 6 nitrogen and oxygen atoms in total. The van der Waals surface area contributed by atoms with Gasteiger partial charge in [0.15, 0.2) is 0 Å². The van der Waals surface area contributed by atoms with Gasteiger partial charge in [0.2, 0.25) is 0 Å². The molecule has 0 aromatic heterocycles.